The zero-order chi connectivity index (χ0) is 12.7. The first-order valence-electron chi connectivity index (χ1n) is 6.23. The van der Waals surface area contributed by atoms with Crippen LogP contribution >= 0.6 is 0 Å². The second-order valence-corrected chi connectivity index (χ2v) is 4.37. The SMILES string of the molecule is CCCCc1ccc(C(C)NCC(F)F)cc1. The molecule has 0 heterocycles. The summed E-state index contributed by atoms with van der Waals surface area (Å²) in [4.78, 5) is 0. The van der Waals surface area contributed by atoms with Crippen LogP contribution in [-0.4, -0.2) is 13.0 Å². The molecule has 1 aromatic carbocycles. The van der Waals surface area contributed by atoms with Crippen LogP contribution in [0.25, 0.3) is 0 Å². The minimum atomic E-state index is -2.29. The molecule has 0 aliphatic heterocycles. The lowest BCUT2D eigenvalue weighted by Crippen LogP contribution is -2.24. The molecule has 0 bridgehead atoms. The van der Waals surface area contributed by atoms with E-state index in [2.05, 4.69) is 24.4 Å². The summed E-state index contributed by atoms with van der Waals surface area (Å²) < 4.78 is 24.1. The number of benzene rings is 1. The Hall–Kier alpha value is -0.960. The Morgan fingerprint density at radius 2 is 1.82 bits per heavy atom. The molecule has 1 nitrogen and oxygen atoms in total. The summed E-state index contributed by atoms with van der Waals surface area (Å²) in [6.45, 7) is 3.83. The summed E-state index contributed by atoms with van der Waals surface area (Å²) in [6.07, 6.45) is 1.18. The van der Waals surface area contributed by atoms with Gasteiger partial charge in [0.2, 0.25) is 0 Å². The Balaban J connectivity index is 2.48. The van der Waals surface area contributed by atoms with Crippen molar-refractivity contribution in [2.24, 2.45) is 0 Å². The van der Waals surface area contributed by atoms with E-state index < -0.39 is 6.43 Å². The lowest BCUT2D eigenvalue weighted by Gasteiger charge is -2.14. The van der Waals surface area contributed by atoms with Gasteiger partial charge in [0.05, 0.1) is 6.54 Å². The number of unbranched alkanes of at least 4 members (excludes halogenated alkanes) is 1. The van der Waals surface area contributed by atoms with Crippen molar-refractivity contribution in [3.8, 4) is 0 Å². The molecule has 1 rings (SSSR count). The number of nitrogens with one attached hydrogen (secondary N) is 1. The molecule has 1 unspecified atom stereocenters. The monoisotopic (exact) mass is 241 g/mol. The Morgan fingerprint density at radius 3 is 2.35 bits per heavy atom. The van der Waals surface area contributed by atoms with Crippen molar-refractivity contribution < 1.29 is 8.78 Å². The van der Waals surface area contributed by atoms with E-state index in [4.69, 9.17) is 0 Å². The van der Waals surface area contributed by atoms with Crippen LogP contribution < -0.4 is 5.32 Å². The highest BCUT2D eigenvalue weighted by atomic mass is 19.3. The van der Waals surface area contributed by atoms with Crippen LogP contribution in [0.2, 0.25) is 0 Å². The Bertz CT molecular complexity index is 309. The summed E-state index contributed by atoms with van der Waals surface area (Å²) >= 11 is 0. The van der Waals surface area contributed by atoms with Crippen LogP contribution in [0, 0.1) is 0 Å². The van der Waals surface area contributed by atoms with Gasteiger partial charge in [0, 0.05) is 6.04 Å². The molecule has 17 heavy (non-hydrogen) atoms. The number of alkyl halides is 2. The Kier molecular flexibility index (Phi) is 6.12. The normalized spacial score (nSPS) is 13.0. The van der Waals surface area contributed by atoms with Gasteiger partial charge < -0.3 is 5.32 Å². The molecule has 0 spiro atoms. The minimum Gasteiger partial charge on any atom is -0.305 e. The lowest BCUT2D eigenvalue weighted by molar-refractivity contribution is 0.142. The van der Waals surface area contributed by atoms with Gasteiger partial charge in [-0.3, -0.25) is 0 Å². The van der Waals surface area contributed by atoms with E-state index in [1.807, 2.05) is 19.1 Å². The summed E-state index contributed by atoms with van der Waals surface area (Å²) in [5.74, 6) is 0. The van der Waals surface area contributed by atoms with E-state index in [9.17, 15) is 8.78 Å². The van der Waals surface area contributed by atoms with Crippen LogP contribution in [-0.2, 0) is 6.42 Å². The van der Waals surface area contributed by atoms with Gasteiger partial charge in [-0.25, -0.2) is 8.78 Å². The zero-order valence-electron chi connectivity index (χ0n) is 10.5. The highest BCUT2D eigenvalue weighted by Gasteiger charge is 2.08. The smallest absolute Gasteiger partial charge is 0.250 e. The van der Waals surface area contributed by atoms with Crippen molar-refractivity contribution in [3.05, 3.63) is 35.4 Å². The topological polar surface area (TPSA) is 12.0 Å². The third-order valence-electron chi connectivity index (χ3n) is 2.88. The quantitative estimate of drug-likeness (QED) is 0.762. The van der Waals surface area contributed by atoms with Crippen molar-refractivity contribution in [1.29, 1.82) is 0 Å². The van der Waals surface area contributed by atoms with Crippen LogP contribution in [0.1, 0.15) is 43.9 Å². The highest BCUT2D eigenvalue weighted by Crippen LogP contribution is 2.14. The second-order valence-electron chi connectivity index (χ2n) is 4.37. The standard InChI is InChI=1S/C14H21F2N/c1-3-4-5-12-6-8-13(9-7-12)11(2)17-10-14(15)16/h6-9,11,14,17H,3-5,10H2,1-2H3. The summed E-state index contributed by atoms with van der Waals surface area (Å²) in [5.41, 5.74) is 2.38. The average molecular weight is 241 g/mol. The largest absolute Gasteiger partial charge is 0.305 e. The molecular formula is C14H21F2N. The van der Waals surface area contributed by atoms with Gasteiger partial charge >= 0.3 is 0 Å². The number of halogens is 2. The molecule has 0 aromatic heterocycles. The molecular weight excluding hydrogens is 220 g/mol. The molecule has 1 N–H and O–H groups in total. The van der Waals surface area contributed by atoms with Gasteiger partial charge in [0.25, 0.3) is 6.43 Å². The molecule has 96 valence electrons. The van der Waals surface area contributed by atoms with Gasteiger partial charge in [0.1, 0.15) is 0 Å². The molecule has 0 saturated heterocycles. The third kappa shape index (κ3) is 5.26. The van der Waals surface area contributed by atoms with Crippen LogP contribution in [0.3, 0.4) is 0 Å². The molecule has 0 fully saturated rings. The summed E-state index contributed by atoms with van der Waals surface area (Å²) in [5, 5.41) is 2.81. The van der Waals surface area contributed by atoms with Crippen LogP contribution in [0.5, 0.6) is 0 Å². The van der Waals surface area contributed by atoms with Crippen molar-refractivity contribution in [1.82, 2.24) is 5.32 Å². The van der Waals surface area contributed by atoms with E-state index in [-0.39, 0.29) is 12.6 Å². The first-order chi connectivity index (χ1) is 8.13. The van der Waals surface area contributed by atoms with Crippen molar-refractivity contribution >= 4 is 0 Å². The number of rotatable bonds is 7. The summed E-state index contributed by atoms with van der Waals surface area (Å²) in [6, 6.07) is 8.20. The molecule has 1 aromatic rings. The van der Waals surface area contributed by atoms with Gasteiger partial charge in [0.15, 0.2) is 0 Å². The highest BCUT2D eigenvalue weighted by molar-refractivity contribution is 5.24. The zero-order valence-corrected chi connectivity index (χ0v) is 10.5. The van der Waals surface area contributed by atoms with E-state index in [0.717, 1.165) is 12.0 Å². The van der Waals surface area contributed by atoms with Gasteiger partial charge in [-0.1, -0.05) is 37.6 Å². The molecule has 0 amide bonds. The van der Waals surface area contributed by atoms with Gasteiger partial charge in [-0.2, -0.15) is 0 Å². The van der Waals surface area contributed by atoms with E-state index >= 15 is 0 Å². The molecule has 0 radical (unpaired) electrons. The second kappa shape index (κ2) is 7.38. The van der Waals surface area contributed by atoms with Crippen molar-refractivity contribution in [2.45, 2.75) is 45.6 Å². The lowest BCUT2D eigenvalue weighted by atomic mass is 10.0. The predicted molar refractivity (Wildman–Crippen MR) is 67.5 cm³/mol. The molecule has 0 aliphatic rings. The first-order valence-corrected chi connectivity index (χ1v) is 6.23. The Labute approximate surface area is 102 Å². The summed E-state index contributed by atoms with van der Waals surface area (Å²) in [7, 11) is 0. The Morgan fingerprint density at radius 1 is 1.18 bits per heavy atom. The van der Waals surface area contributed by atoms with E-state index in [1.165, 1.54) is 18.4 Å². The number of hydrogen-bond acceptors (Lipinski definition) is 1. The molecule has 3 heteroatoms. The fraction of sp³-hybridized carbons (Fsp3) is 0.571. The van der Waals surface area contributed by atoms with Gasteiger partial charge in [-0.05, 0) is 30.9 Å². The fourth-order valence-corrected chi connectivity index (χ4v) is 1.74. The van der Waals surface area contributed by atoms with E-state index in [1.54, 1.807) is 0 Å². The average Bonchev–Trinajstić information content (AvgIpc) is 2.34. The van der Waals surface area contributed by atoms with E-state index in [0.29, 0.717) is 0 Å². The predicted octanol–water partition coefficient (Wildman–Crippen LogP) is 3.94. The van der Waals surface area contributed by atoms with Crippen LogP contribution in [0.4, 0.5) is 8.78 Å². The van der Waals surface area contributed by atoms with Crippen LogP contribution in [0.15, 0.2) is 24.3 Å². The minimum absolute atomic E-state index is 0.0239. The number of aryl methyl sites for hydroxylation is 1. The molecule has 0 aliphatic carbocycles. The van der Waals surface area contributed by atoms with Crippen molar-refractivity contribution in [3.63, 3.8) is 0 Å². The maximum atomic E-state index is 12.1. The molecule has 0 saturated carbocycles. The first kappa shape index (κ1) is 14.1. The molecule has 1 atom stereocenters. The maximum Gasteiger partial charge on any atom is 0.250 e. The fourth-order valence-electron chi connectivity index (χ4n) is 1.74. The van der Waals surface area contributed by atoms with Gasteiger partial charge in [-0.15, -0.1) is 0 Å². The number of hydrogen-bond donors (Lipinski definition) is 1. The third-order valence-corrected chi connectivity index (χ3v) is 2.88. The maximum absolute atomic E-state index is 12.1. The van der Waals surface area contributed by atoms with Crippen molar-refractivity contribution in [2.75, 3.05) is 6.54 Å².